The summed E-state index contributed by atoms with van der Waals surface area (Å²) in [6.07, 6.45) is 0.385. The van der Waals surface area contributed by atoms with Crippen molar-refractivity contribution in [1.82, 2.24) is 10.2 Å². The minimum absolute atomic E-state index is 0. The van der Waals surface area contributed by atoms with E-state index in [0.717, 1.165) is 13.0 Å². The average Bonchev–Trinajstić information content (AvgIpc) is 2.90. The molecule has 2 rings (SSSR count). The molecule has 0 unspecified atom stereocenters. The highest BCUT2D eigenvalue weighted by atomic mass is 127. The van der Waals surface area contributed by atoms with Gasteiger partial charge in [-0.2, -0.15) is 0 Å². The SMILES string of the molecule is CCNC(=NCc1ccccc1[N+](=O)[O-])N1CC[C@@H](O)C1.I. The molecule has 1 fully saturated rings. The van der Waals surface area contributed by atoms with Crippen LogP contribution in [0.2, 0.25) is 0 Å². The van der Waals surface area contributed by atoms with Crippen molar-refractivity contribution in [2.45, 2.75) is 26.0 Å². The van der Waals surface area contributed by atoms with Gasteiger partial charge in [-0.3, -0.25) is 10.1 Å². The molecule has 1 aliphatic rings. The van der Waals surface area contributed by atoms with Crippen molar-refractivity contribution in [1.29, 1.82) is 0 Å². The Hall–Kier alpha value is -1.42. The molecule has 7 nitrogen and oxygen atoms in total. The van der Waals surface area contributed by atoms with Crippen molar-refractivity contribution in [2.75, 3.05) is 19.6 Å². The van der Waals surface area contributed by atoms with Crippen LogP contribution in [0, 0.1) is 10.1 Å². The summed E-state index contributed by atoms with van der Waals surface area (Å²) in [5.41, 5.74) is 0.663. The van der Waals surface area contributed by atoms with Crippen molar-refractivity contribution in [3.05, 3.63) is 39.9 Å². The van der Waals surface area contributed by atoms with Gasteiger partial charge in [-0.05, 0) is 13.3 Å². The van der Waals surface area contributed by atoms with Gasteiger partial charge in [0.1, 0.15) is 0 Å². The molecular weight excluding hydrogens is 399 g/mol. The molecule has 1 aromatic rings. The number of aliphatic hydroxyl groups excluding tert-OH is 1. The molecule has 122 valence electrons. The lowest BCUT2D eigenvalue weighted by Gasteiger charge is -2.20. The number of β-amino-alcohol motifs (C(OH)–C–C–N with tert-alkyl or cyclic N) is 1. The van der Waals surface area contributed by atoms with Crippen LogP contribution in [0.4, 0.5) is 5.69 Å². The van der Waals surface area contributed by atoms with Crippen LogP contribution in [-0.4, -0.2) is 46.6 Å². The van der Waals surface area contributed by atoms with E-state index in [0.29, 0.717) is 24.6 Å². The van der Waals surface area contributed by atoms with Crippen LogP contribution < -0.4 is 5.32 Å². The molecule has 1 aromatic carbocycles. The van der Waals surface area contributed by atoms with Crippen LogP contribution >= 0.6 is 24.0 Å². The summed E-state index contributed by atoms with van der Waals surface area (Å²) in [5.74, 6) is 0.687. The molecule has 1 heterocycles. The summed E-state index contributed by atoms with van der Waals surface area (Å²) in [6.45, 7) is 4.20. The Morgan fingerprint density at radius 1 is 1.55 bits per heavy atom. The number of hydrogen-bond acceptors (Lipinski definition) is 4. The van der Waals surface area contributed by atoms with Crippen LogP contribution in [0.1, 0.15) is 18.9 Å². The zero-order valence-electron chi connectivity index (χ0n) is 12.4. The Balaban J connectivity index is 0.00000242. The van der Waals surface area contributed by atoms with Crippen LogP contribution in [0.15, 0.2) is 29.3 Å². The van der Waals surface area contributed by atoms with Gasteiger partial charge in [0, 0.05) is 25.7 Å². The van der Waals surface area contributed by atoms with Gasteiger partial charge >= 0.3 is 0 Å². The molecule has 8 heteroatoms. The first-order valence-electron chi connectivity index (χ1n) is 7.05. The normalized spacial score (nSPS) is 18.0. The van der Waals surface area contributed by atoms with E-state index in [-0.39, 0.29) is 42.3 Å². The Morgan fingerprint density at radius 2 is 2.27 bits per heavy atom. The number of rotatable bonds is 4. The van der Waals surface area contributed by atoms with Gasteiger partial charge in [-0.15, -0.1) is 24.0 Å². The monoisotopic (exact) mass is 420 g/mol. The molecule has 2 N–H and O–H groups in total. The third-order valence-electron chi connectivity index (χ3n) is 3.39. The maximum Gasteiger partial charge on any atom is 0.274 e. The molecule has 1 atom stereocenters. The number of hydrogen-bond donors (Lipinski definition) is 2. The standard InChI is InChI=1S/C14H20N4O3.HI/c1-2-15-14(17-8-7-12(19)10-17)16-9-11-5-3-4-6-13(11)18(20)21;/h3-6,12,19H,2,7-10H2,1H3,(H,15,16);1H/t12-;/m1./s1. The summed E-state index contributed by atoms with van der Waals surface area (Å²) in [7, 11) is 0. The molecule has 0 aromatic heterocycles. The minimum Gasteiger partial charge on any atom is -0.391 e. The number of para-hydroxylation sites is 1. The number of aliphatic imine (C=N–C) groups is 1. The highest BCUT2D eigenvalue weighted by molar-refractivity contribution is 14.0. The fourth-order valence-corrected chi connectivity index (χ4v) is 2.34. The number of guanidine groups is 1. The van der Waals surface area contributed by atoms with E-state index in [9.17, 15) is 15.2 Å². The maximum atomic E-state index is 11.0. The van der Waals surface area contributed by atoms with Crippen LogP contribution in [0.3, 0.4) is 0 Å². The van der Waals surface area contributed by atoms with E-state index in [1.54, 1.807) is 18.2 Å². The molecule has 22 heavy (non-hydrogen) atoms. The highest BCUT2D eigenvalue weighted by Gasteiger charge is 2.23. The maximum absolute atomic E-state index is 11.0. The number of nitro benzene ring substituents is 1. The number of nitrogens with zero attached hydrogens (tertiary/aromatic N) is 3. The predicted molar refractivity (Wildman–Crippen MR) is 95.5 cm³/mol. The molecule has 0 aliphatic carbocycles. The van der Waals surface area contributed by atoms with Gasteiger partial charge in [-0.25, -0.2) is 4.99 Å². The minimum atomic E-state index is -0.391. The van der Waals surface area contributed by atoms with Crippen molar-refractivity contribution >= 4 is 35.6 Å². The van der Waals surface area contributed by atoms with Gasteiger partial charge in [0.15, 0.2) is 5.96 Å². The van der Waals surface area contributed by atoms with Crippen LogP contribution in [0.25, 0.3) is 0 Å². The number of benzene rings is 1. The molecule has 1 saturated heterocycles. The lowest BCUT2D eigenvalue weighted by molar-refractivity contribution is -0.385. The van der Waals surface area contributed by atoms with E-state index in [1.165, 1.54) is 6.07 Å². The van der Waals surface area contributed by atoms with Gasteiger partial charge in [0.2, 0.25) is 0 Å². The van der Waals surface area contributed by atoms with Crippen molar-refractivity contribution in [3.63, 3.8) is 0 Å². The molecule has 0 spiro atoms. The topological polar surface area (TPSA) is 91.0 Å². The van der Waals surface area contributed by atoms with E-state index < -0.39 is 4.92 Å². The lowest BCUT2D eigenvalue weighted by atomic mass is 10.2. The smallest absolute Gasteiger partial charge is 0.274 e. The zero-order chi connectivity index (χ0) is 15.2. The Morgan fingerprint density at radius 3 is 2.86 bits per heavy atom. The third kappa shape index (κ3) is 4.80. The lowest BCUT2D eigenvalue weighted by Crippen LogP contribution is -2.40. The predicted octanol–water partition coefficient (Wildman–Crippen LogP) is 1.74. The van der Waals surface area contributed by atoms with Crippen molar-refractivity contribution in [3.8, 4) is 0 Å². The number of likely N-dealkylation sites (tertiary alicyclic amines) is 1. The number of aliphatic hydroxyl groups is 1. The molecular formula is C14H21IN4O3. The summed E-state index contributed by atoms with van der Waals surface area (Å²) in [6, 6.07) is 6.61. The Bertz CT molecular complexity index is 539. The highest BCUT2D eigenvalue weighted by Crippen LogP contribution is 2.18. The number of nitrogens with one attached hydrogen (secondary N) is 1. The molecule has 1 aliphatic heterocycles. The fraction of sp³-hybridized carbons (Fsp3) is 0.500. The molecule has 0 amide bonds. The zero-order valence-corrected chi connectivity index (χ0v) is 14.8. The second-order valence-electron chi connectivity index (χ2n) is 4.94. The number of halogens is 1. The van der Waals surface area contributed by atoms with E-state index in [2.05, 4.69) is 10.3 Å². The van der Waals surface area contributed by atoms with Gasteiger partial charge in [-0.1, -0.05) is 18.2 Å². The summed E-state index contributed by atoms with van der Waals surface area (Å²) < 4.78 is 0. The summed E-state index contributed by atoms with van der Waals surface area (Å²) in [5, 5.41) is 23.8. The summed E-state index contributed by atoms with van der Waals surface area (Å²) in [4.78, 5) is 17.0. The first-order chi connectivity index (χ1) is 10.1. The second kappa shape index (κ2) is 8.89. The van der Waals surface area contributed by atoms with Gasteiger partial charge in [0.25, 0.3) is 5.69 Å². The Labute approximate surface area is 146 Å². The largest absolute Gasteiger partial charge is 0.391 e. The molecule has 0 saturated carbocycles. The van der Waals surface area contributed by atoms with E-state index in [4.69, 9.17) is 0 Å². The first kappa shape index (κ1) is 18.6. The summed E-state index contributed by atoms with van der Waals surface area (Å²) >= 11 is 0. The average molecular weight is 420 g/mol. The third-order valence-corrected chi connectivity index (χ3v) is 3.39. The Kier molecular flexibility index (Phi) is 7.52. The fourth-order valence-electron chi connectivity index (χ4n) is 2.34. The van der Waals surface area contributed by atoms with Crippen LogP contribution in [0.5, 0.6) is 0 Å². The van der Waals surface area contributed by atoms with Gasteiger partial charge in [0.05, 0.1) is 23.1 Å². The first-order valence-corrected chi connectivity index (χ1v) is 7.05. The molecule has 0 bridgehead atoms. The quantitative estimate of drug-likeness (QED) is 0.255. The van der Waals surface area contributed by atoms with E-state index >= 15 is 0 Å². The number of nitro groups is 1. The van der Waals surface area contributed by atoms with Crippen molar-refractivity contribution in [2.24, 2.45) is 4.99 Å². The van der Waals surface area contributed by atoms with E-state index in [1.807, 2.05) is 11.8 Å². The van der Waals surface area contributed by atoms with Gasteiger partial charge < -0.3 is 15.3 Å². The van der Waals surface area contributed by atoms with Crippen molar-refractivity contribution < 1.29 is 10.0 Å². The van der Waals surface area contributed by atoms with Crippen LogP contribution in [-0.2, 0) is 6.54 Å². The molecule has 0 radical (unpaired) electrons. The second-order valence-corrected chi connectivity index (χ2v) is 4.94.